The van der Waals surface area contributed by atoms with Gasteiger partial charge in [-0.3, -0.25) is 0 Å². The molecular formula is C25H22N2O7S. The minimum atomic E-state index is -1.31. The lowest BCUT2D eigenvalue weighted by Gasteiger charge is -2.36. The summed E-state index contributed by atoms with van der Waals surface area (Å²) < 4.78 is 17.2. The smallest absolute Gasteiger partial charge is 0.340 e. The van der Waals surface area contributed by atoms with E-state index >= 15 is 0 Å². The highest BCUT2D eigenvalue weighted by atomic mass is 32.1. The van der Waals surface area contributed by atoms with Crippen LogP contribution in [0.3, 0.4) is 0 Å². The highest BCUT2D eigenvalue weighted by Gasteiger charge is 2.53. The van der Waals surface area contributed by atoms with E-state index in [-0.39, 0.29) is 24.7 Å². The monoisotopic (exact) mass is 494 g/mol. The van der Waals surface area contributed by atoms with E-state index < -0.39 is 11.6 Å². The van der Waals surface area contributed by atoms with Crippen molar-refractivity contribution in [3.8, 4) is 23.0 Å². The molecule has 180 valence electrons. The van der Waals surface area contributed by atoms with Crippen molar-refractivity contribution in [2.75, 3.05) is 31.7 Å². The Morgan fingerprint density at radius 1 is 0.943 bits per heavy atom. The van der Waals surface area contributed by atoms with Gasteiger partial charge >= 0.3 is 5.97 Å². The van der Waals surface area contributed by atoms with Crippen LogP contribution >= 0.6 is 12.2 Å². The van der Waals surface area contributed by atoms with Gasteiger partial charge in [-0.2, -0.15) is 0 Å². The predicted octanol–water partition coefficient (Wildman–Crippen LogP) is 2.96. The molecule has 3 aromatic carbocycles. The van der Waals surface area contributed by atoms with Crippen molar-refractivity contribution < 1.29 is 34.3 Å². The average molecular weight is 495 g/mol. The number of esters is 1. The summed E-state index contributed by atoms with van der Waals surface area (Å²) in [5, 5.41) is 35.2. The first-order chi connectivity index (χ1) is 16.9. The van der Waals surface area contributed by atoms with Crippen LogP contribution in [0.25, 0.3) is 0 Å². The number of fused-ring (bicyclic) bond motifs is 6. The van der Waals surface area contributed by atoms with Crippen LogP contribution < -0.4 is 15.4 Å². The Hall–Kier alpha value is -3.86. The van der Waals surface area contributed by atoms with Crippen LogP contribution in [0.15, 0.2) is 54.6 Å². The van der Waals surface area contributed by atoms with Crippen LogP contribution in [0.2, 0.25) is 0 Å². The highest BCUT2D eigenvalue weighted by molar-refractivity contribution is 7.80. The van der Waals surface area contributed by atoms with Gasteiger partial charge in [0.2, 0.25) is 0 Å². The lowest BCUT2D eigenvalue weighted by molar-refractivity contribution is 0.0224. The van der Waals surface area contributed by atoms with E-state index in [2.05, 4.69) is 10.6 Å². The molecule has 10 heteroatoms. The van der Waals surface area contributed by atoms with E-state index in [4.69, 9.17) is 31.5 Å². The summed E-state index contributed by atoms with van der Waals surface area (Å²) in [5.74, 6) is 0.100. The fourth-order valence-electron chi connectivity index (χ4n) is 4.36. The van der Waals surface area contributed by atoms with Gasteiger partial charge < -0.3 is 40.2 Å². The van der Waals surface area contributed by atoms with Crippen molar-refractivity contribution in [1.29, 1.82) is 0 Å². The van der Waals surface area contributed by atoms with Gasteiger partial charge in [0.15, 0.2) is 10.7 Å². The quantitative estimate of drug-likeness (QED) is 0.198. The molecule has 5 rings (SSSR count). The molecule has 0 radical (unpaired) electrons. The number of aromatic hydroxyl groups is 2. The number of carbonyl (C=O) groups is 1. The minimum Gasteiger partial charge on any atom is -0.508 e. The number of aliphatic hydroxyl groups is 1. The molecule has 2 aliphatic rings. The highest BCUT2D eigenvalue weighted by Crippen LogP contribution is 2.57. The van der Waals surface area contributed by atoms with Crippen molar-refractivity contribution in [2.24, 2.45) is 0 Å². The summed E-state index contributed by atoms with van der Waals surface area (Å²) in [6.07, 6.45) is 0. The topological polar surface area (TPSA) is 130 Å². The second kappa shape index (κ2) is 9.06. The van der Waals surface area contributed by atoms with E-state index in [1.807, 2.05) is 0 Å². The van der Waals surface area contributed by atoms with Crippen LogP contribution in [0.5, 0.6) is 23.0 Å². The van der Waals surface area contributed by atoms with Gasteiger partial charge in [-0.15, -0.1) is 0 Å². The van der Waals surface area contributed by atoms with Gasteiger partial charge in [0.25, 0.3) is 0 Å². The molecule has 3 aromatic rings. The number of hydrogen-bond donors (Lipinski definition) is 5. The summed E-state index contributed by atoms with van der Waals surface area (Å²) in [6, 6.07) is 14.5. The Kier molecular flexibility index (Phi) is 5.93. The number of ether oxygens (including phenoxy) is 3. The SMILES string of the molecule is O=C1OC2(c3ccc(O)cc3Oc3cc(O)ccc32)c2ccc(NC(=S)NCCOCCO)cc21. The van der Waals surface area contributed by atoms with Crippen molar-refractivity contribution in [3.63, 3.8) is 0 Å². The molecule has 0 bridgehead atoms. The van der Waals surface area contributed by atoms with Crippen LogP contribution in [-0.4, -0.2) is 52.8 Å². The summed E-state index contributed by atoms with van der Waals surface area (Å²) in [4.78, 5) is 13.1. The molecule has 2 heterocycles. The number of anilines is 1. The number of thiocarbonyl (C=S) groups is 1. The molecule has 1 spiro atoms. The number of benzene rings is 3. The third-order valence-electron chi connectivity index (χ3n) is 5.80. The zero-order chi connectivity index (χ0) is 24.6. The zero-order valence-corrected chi connectivity index (χ0v) is 19.2. The van der Waals surface area contributed by atoms with E-state index in [1.165, 1.54) is 24.3 Å². The molecule has 35 heavy (non-hydrogen) atoms. The molecule has 5 N–H and O–H groups in total. The maximum absolute atomic E-state index is 13.1. The molecule has 0 saturated heterocycles. The first-order valence-corrected chi connectivity index (χ1v) is 11.3. The van der Waals surface area contributed by atoms with Crippen molar-refractivity contribution >= 4 is 29.0 Å². The summed E-state index contributed by atoms with van der Waals surface area (Å²) in [5.41, 5.74) is 1.35. The number of rotatable bonds is 6. The maximum atomic E-state index is 13.1. The van der Waals surface area contributed by atoms with Gasteiger partial charge in [-0.1, -0.05) is 6.07 Å². The van der Waals surface area contributed by atoms with E-state index in [1.54, 1.807) is 30.3 Å². The number of hydrogen-bond acceptors (Lipinski definition) is 8. The first kappa shape index (κ1) is 22.9. The van der Waals surface area contributed by atoms with Gasteiger partial charge in [0.1, 0.15) is 23.0 Å². The second-order valence-electron chi connectivity index (χ2n) is 8.01. The van der Waals surface area contributed by atoms with Crippen molar-refractivity contribution in [1.82, 2.24) is 5.32 Å². The summed E-state index contributed by atoms with van der Waals surface area (Å²) in [7, 11) is 0. The third-order valence-corrected chi connectivity index (χ3v) is 6.05. The normalized spacial score (nSPS) is 14.4. The summed E-state index contributed by atoms with van der Waals surface area (Å²) >= 11 is 5.31. The molecular weight excluding hydrogens is 472 g/mol. The van der Waals surface area contributed by atoms with Crippen molar-refractivity contribution in [3.05, 3.63) is 76.9 Å². The molecule has 2 aliphatic heterocycles. The Morgan fingerprint density at radius 2 is 1.60 bits per heavy atom. The second-order valence-corrected chi connectivity index (χ2v) is 8.42. The van der Waals surface area contributed by atoms with Gasteiger partial charge in [0, 0.05) is 41.1 Å². The predicted molar refractivity (Wildman–Crippen MR) is 130 cm³/mol. The maximum Gasteiger partial charge on any atom is 0.340 e. The minimum absolute atomic E-state index is 0.00521. The largest absolute Gasteiger partial charge is 0.508 e. The number of carbonyl (C=O) groups excluding carboxylic acids is 1. The molecule has 0 aromatic heterocycles. The van der Waals surface area contributed by atoms with Crippen LogP contribution in [-0.2, 0) is 15.1 Å². The van der Waals surface area contributed by atoms with Gasteiger partial charge in [-0.25, -0.2) is 4.79 Å². The molecule has 0 saturated carbocycles. The number of phenols is 2. The molecule has 0 unspecified atom stereocenters. The third kappa shape index (κ3) is 4.01. The Morgan fingerprint density at radius 3 is 2.26 bits per heavy atom. The fraction of sp³-hybridized carbons (Fsp3) is 0.200. The first-order valence-electron chi connectivity index (χ1n) is 10.9. The molecule has 0 atom stereocenters. The van der Waals surface area contributed by atoms with Gasteiger partial charge in [0.05, 0.1) is 25.4 Å². The molecule has 0 aliphatic carbocycles. The van der Waals surface area contributed by atoms with Crippen LogP contribution in [0, 0.1) is 0 Å². The van der Waals surface area contributed by atoms with E-state index in [9.17, 15) is 15.0 Å². The Bertz CT molecular complexity index is 1280. The van der Waals surface area contributed by atoms with Gasteiger partial charge in [-0.05, 0) is 48.6 Å². The zero-order valence-electron chi connectivity index (χ0n) is 18.4. The lowest BCUT2D eigenvalue weighted by Crippen LogP contribution is -2.33. The lowest BCUT2D eigenvalue weighted by atomic mass is 9.77. The average Bonchev–Trinajstić information content (AvgIpc) is 3.11. The van der Waals surface area contributed by atoms with E-state index in [0.29, 0.717) is 57.7 Å². The standard InChI is InChI=1S/C25H22N2O7S/c28-8-10-32-9-7-26-24(35)27-14-1-4-18-17(11-14)23(31)34-25(18)19-5-2-15(29)12-21(19)33-22-13-16(30)3-6-20(22)25/h1-6,11-13,28-30H,7-10H2,(H2,26,27,35). The Labute approximate surface area is 205 Å². The van der Waals surface area contributed by atoms with Crippen LogP contribution in [0.4, 0.5) is 5.69 Å². The molecule has 0 amide bonds. The van der Waals surface area contributed by atoms with Crippen LogP contribution in [0.1, 0.15) is 27.0 Å². The number of phenolic OH excluding ortho intramolecular Hbond substituents is 2. The summed E-state index contributed by atoms with van der Waals surface area (Å²) in [6.45, 7) is 1.05. The van der Waals surface area contributed by atoms with Crippen molar-refractivity contribution in [2.45, 2.75) is 5.60 Å². The fourth-order valence-corrected chi connectivity index (χ4v) is 4.58. The Balaban J connectivity index is 1.50. The molecule has 9 nitrogen and oxygen atoms in total. The number of nitrogens with one attached hydrogen (secondary N) is 2. The number of aliphatic hydroxyl groups excluding tert-OH is 1. The molecule has 0 fully saturated rings. The van der Waals surface area contributed by atoms with E-state index in [0.717, 1.165) is 0 Å².